The van der Waals surface area contributed by atoms with Crippen LogP contribution in [0.2, 0.25) is 0 Å². The molecular formula is C67H60N2. The molecule has 338 valence electrons. The third-order valence-electron chi connectivity index (χ3n) is 16.6. The van der Waals surface area contributed by atoms with Gasteiger partial charge in [0.2, 0.25) is 0 Å². The molecule has 3 aliphatic rings. The molecule has 9 aromatic carbocycles. The molecule has 0 saturated heterocycles. The van der Waals surface area contributed by atoms with Gasteiger partial charge in [-0.3, -0.25) is 0 Å². The van der Waals surface area contributed by atoms with E-state index in [1.54, 1.807) is 5.56 Å². The molecule has 0 spiro atoms. The Morgan fingerprint density at radius 1 is 0.449 bits per heavy atom. The van der Waals surface area contributed by atoms with Crippen LogP contribution in [-0.2, 0) is 5.41 Å². The first-order valence-corrected chi connectivity index (χ1v) is 25.9. The zero-order chi connectivity index (χ0) is 46.1. The van der Waals surface area contributed by atoms with Crippen molar-refractivity contribution < 1.29 is 0 Å². The third-order valence-corrected chi connectivity index (χ3v) is 16.6. The van der Waals surface area contributed by atoms with E-state index in [1.807, 2.05) is 0 Å². The number of benzene rings is 9. The molecule has 0 radical (unpaired) electrons. The highest BCUT2D eigenvalue weighted by Gasteiger charge is 2.38. The third kappa shape index (κ3) is 7.05. The van der Waals surface area contributed by atoms with Crippen LogP contribution in [0.3, 0.4) is 0 Å². The van der Waals surface area contributed by atoms with Gasteiger partial charge in [0.15, 0.2) is 0 Å². The van der Waals surface area contributed by atoms with E-state index in [9.17, 15) is 0 Å². The lowest BCUT2D eigenvalue weighted by Gasteiger charge is -2.30. The number of aromatic nitrogens is 1. The van der Waals surface area contributed by atoms with Gasteiger partial charge >= 0.3 is 0 Å². The molecule has 3 aliphatic carbocycles. The van der Waals surface area contributed by atoms with Crippen molar-refractivity contribution >= 4 is 49.6 Å². The van der Waals surface area contributed by atoms with Crippen LogP contribution < -0.4 is 4.90 Å². The van der Waals surface area contributed by atoms with Gasteiger partial charge in [0.25, 0.3) is 0 Å². The minimum Gasteiger partial charge on any atom is -0.310 e. The maximum atomic E-state index is 2.57. The van der Waals surface area contributed by atoms with Gasteiger partial charge in [-0.15, -0.1) is 0 Å². The lowest BCUT2D eigenvalue weighted by Crippen LogP contribution is -2.16. The number of nitrogens with zero attached hydrogens (tertiary/aromatic N) is 2. The van der Waals surface area contributed by atoms with Crippen molar-refractivity contribution in [3.63, 3.8) is 0 Å². The van der Waals surface area contributed by atoms with E-state index in [0.717, 1.165) is 17.1 Å². The summed E-state index contributed by atoms with van der Waals surface area (Å²) in [5.41, 5.74) is 20.7. The molecule has 13 rings (SSSR count). The summed E-state index contributed by atoms with van der Waals surface area (Å²) in [4.78, 5) is 2.57. The topological polar surface area (TPSA) is 8.17 Å². The number of rotatable bonds is 8. The SMILES string of the molecule is CC1(C)c2ccc(N(c3ccc(-c4ccc(C5CCCCC5)cc4)cc3)c3ccc4ccccc4c3-c3cccc4c5ccccc5n(-c5ccccc5)c34)cc2-c2c(C3CCCCC3)cccc21. The average Bonchev–Trinajstić information content (AvgIpc) is 3.88. The molecule has 0 bridgehead atoms. The Morgan fingerprint density at radius 3 is 1.86 bits per heavy atom. The van der Waals surface area contributed by atoms with E-state index in [4.69, 9.17) is 0 Å². The van der Waals surface area contributed by atoms with E-state index in [1.165, 1.54) is 153 Å². The summed E-state index contributed by atoms with van der Waals surface area (Å²) in [6.45, 7) is 4.88. The van der Waals surface area contributed by atoms with E-state index in [2.05, 4.69) is 217 Å². The predicted molar refractivity (Wildman–Crippen MR) is 293 cm³/mol. The van der Waals surface area contributed by atoms with Gasteiger partial charge < -0.3 is 9.47 Å². The zero-order valence-electron chi connectivity index (χ0n) is 40.1. The smallest absolute Gasteiger partial charge is 0.0620 e. The normalized spacial score (nSPS) is 16.0. The minimum atomic E-state index is -0.0957. The number of hydrogen-bond acceptors (Lipinski definition) is 1. The second-order valence-electron chi connectivity index (χ2n) is 20.9. The second kappa shape index (κ2) is 17.1. The number of anilines is 3. The first-order chi connectivity index (χ1) is 34.0. The molecule has 1 aromatic heterocycles. The molecule has 0 aliphatic heterocycles. The summed E-state index contributed by atoms with van der Waals surface area (Å²) in [6, 6.07) is 74.0. The van der Waals surface area contributed by atoms with Crippen molar-refractivity contribution in [1.29, 1.82) is 0 Å². The summed E-state index contributed by atoms with van der Waals surface area (Å²) >= 11 is 0. The van der Waals surface area contributed by atoms with Gasteiger partial charge in [-0.25, -0.2) is 0 Å². The highest BCUT2D eigenvalue weighted by molar-refractivity contribution is 6.18. The van der Waals surface area contributed by atoms with Crippen molar-refractivity contribution in [3.05, 3.63) is 216 Å². The molecule has 0 N–H and O–H groups in total. The summed E-state index contributed by atoms with van der Waals surface area (Å²) in [6.07, 6.45) is 13.3. The second-order valence-corrected chi connectivity index (χ2v) is 20.9. The van der Waals surface area contributed by atoms with Crippen LogP contribution in [-0.4, -0.2) is 4.57 Å². The molecule has 1 heterocycles. The fraction of sp³-hybridized carbons (Fsp3) is 0.224. The number of fused-ring (bicyclic) bond motifs is 7. The summed E-state index contributed by atoms with van der Waals surface area (Å²) in [7, 11) is 0. The van der Waals surface area contributed by atoms with Crippen LogP contribution in [0.25, 0.3) is 71.6 Å². The lowest BCUT2D eigenvalue weighted by molar-refractivity contribution is 0.443. The van der Waals surface area contributed by atoms with Crippen LogP contribution in [0, 0.1) is 0 Å². The van der Waals surface area contributed by atoms with Gasteiger partial charge in [-0.1, -0.05) is 198 Å². The van der Waals surface area contributed by atoms with Gasteiger partial charge in [0.05, 0.1) is 16.7 Å². The molecule has 2 heteroatoms. The Bertz CT molecular complexity index is 3520. The van der Waals surface area contributed by atoms with Crippen molar-refractivity contribution in [2.75, 3.05) is 4.90 Å². The highest BCUT2D eigenvalue weighted by Crippen LogP contribution is 2.55. The van der Waals surface area contributed by atoms with Crippen molar-refractivity contribution in [2.24, 2.45) is 0 Å². The Hall–Kier alpha value is -7.16. The fourth-order valence-electron chi connectivity index (χ4n) is 13.1. The Kier molecular flexibility index (Phi) is 10.4. The molecule has 2 fully saturated rings. The maximum Gasteiger partial charge on any atom is 0.0620 e. The first kappa shape index (κ1) is 42.0. The Labute approximate surface area is 407 Å². The van der Waals surface area contributed by atoms with Crippen molar-refractivity contribution in [3.8, 4) is 39.1 Å². The van der Waals surface area contributed by atoms with E-state index in [-0.39, 0.29) is 5.41 Å². The summed E-state index contributed by atoms with van der Waals surface area (Å²) in [5, 5.41) is 4.97. The van der Waals surface area contributed by atoms with E-state index in [0.29, 0.717) is 11.8 Å². The molecule has 69 heavy (non-hydrogen) atoms. The van der Waals surface area contributed by atoms with Gasteiger partial charge in [-0.05, 0) is 141 Å². The van der Waals surface area contributed by atoms with E-state index >= 15 is 0 Å². The van der Waals surface area contributed by atoms with Crippen LogP contribution in [0.15, 0.2) is 194 Å². The molecular weight excluding hydrogens is 833 g/mol. The van der Waals surface area contributed by atoms with Crippen molar-refractivity contribution in [2.45, 2.75) is 95.3 Å². The maximum absolute atomic E-state index is 2.57. The molecule has 0 amide bonds. The Balaban J connectivity index is 1.05. The first-order valence-electron chi connectivity index (χ1n) is 25.9. The van der Waals surface area contributed by atoms with Crippen LogP contribution in [0.5, 0.6) is 0 Å². The van der Waals surface area contributed by atoms with Gasteiger partial charge in [-0.2, -0.15) is 0 Å². The van der Waals surface area contributed by atoms with Crippen LogP contribution in [0.1, 0.15) is 112 Å². The van der Waals surface area contributed by atoms with Gasteiger partial charge in [0, 0.05) is 44.4 Å². The highest BCUT2D eigenvalue weighted by atomic mass is 15.1. The molecule has 0 unspecified atom stereocenters. The average molecular weight is 893 g/mol. The fourth-order valence-corrected chi connectivity index (χ4v) is 13.1. The quantitative estimate of drug-likeness (QED) is 0.148. The predicted octanol–water partition coefficient (Wildman–Crippen LogP) is 19.1. The summed E-state index contributed by atoms with van der Waals surface area (Å²) in [5.74, 6) is 1.30. The summed E-state index contributed by atoms with van der Waals surface area (Å²) < 4.78 is 2.49. The number of hydrogen-bond donors (Lipinski definition) is 0. The minimum absolute atomic E-state index is 0.0957. The van der Waals surface area contributed by atoms with E-state index < -0.39 is 0 Å². The monoisotopic (exact) mass is 892 g/mol. The van der Waals surface area contributed by atoms with Gasteiger partial charge in [0.1, 0.15) is 0 Å². The molecule has 2 saturated carbocycles. The van der Waals surface area contributed by atoms with Crippen LogP contribution >= 0.6 is 0 Å². The molecule has 0 atom stereocenters. The zero-order valence-corrected chi connectivity index (χ0v) is 40.1. The molecule has 2 nitrogen and oxygen atoms in total. The number of para-hydroxylation sites is 3. The molecule has 10 aromatic rings. The Morgan fingerprint density at radius 2 is 1.09 bits per heavy atom. The largest absolute Gasteiger partial charge is 0.310 e. The van der Waals surface area contributed by atoms with Crippen LogP contribution in [0.4, 0.5) is 17.1 Å². The lowest BCUT2D eigenvalue weighted by atomic mass is 9.78. The van der Waals surface area contributed by atoms with Crippen molar-refractivity contribution in [1.82, 2.24) is 4.57 Å². The standard InChI is InChI=1S/C67H60N2/c1-67(2)60-42-41-53(44-59(60)64-54(27-17-30-61(64)67)49-20-8-4-9-21-49)68(52-39-36-48(37-40-52)47-34-32-46(33-35-47)45-18-6-3-7-19-45)63-43-38-50-22-12-13-25-55(50)65(63)58-29-16-28-57-56-26-14-15-31-62(56)69(66(57)58)51-23-10-5-11-24-51/h5,10-17,22-45,49H,3-4,6-9,18-21H2,1-2H3.